The van der Waals surface area contributed by atoms with Crippen LogP contribution >= 0.6 is 0 Å². The molecule has 1 aliphatic heterocycles. The summed E-state index contributed by atoms with van der Waals surface area (Å²) in [7, 11) is 1.97. The summed E-state index contributed by atoms with van der Waals surface area (Å²) in [6, 6.07) is 1.67. The average Bonchev–Trinajstić information content (AvgIpc) is 2.32. The summed E-state index contributed by atoms with van der Waals surface area (Å²) in [5, 5.41) is 11.8. The maximum atomic E-state index is 13.6. The Balaban J connectivity index is 2.19. The molecule has 2 N–H and O–H groups in total. The number of likely N-dealkylation sites (N-methyl/N-ethyl adjacent to an activating group) is 1. The van der Waals surface area contributed by atoms with E-state index in [9.17, 15) is 13.6 Å². The molecule has 6 heteroatoms. The molecule has 0 saturated carbocycles. The molecule has 104 valence electrons. The number of hydrogen-bond donors (Lipinski definition) is 2. The second-order valence-corrected chi connectivity index (χ2v) is 4.86. The summed E-state index contributed by atoms with van der Waals surface area (Å²) >= 11 is 0. The molecule has 1 atom stereocenters. The van der Waals surface area contributed by atoms with Gasteiger partial charge in [0.2, 0.25) is 0 Å². The normalized spacial score (nSPS) is 20.3. The molecule has 1 saturated heterocycles. The largest absolute Gasteiger partial charge is 0.478 e. The van der Waals surface area contributed by atoms with Gasteiger partial charge in [0.1, 0.15) is 11.6 Å². The lowest BCUT2D eigenvalue weighted by Crippen LogP contribution is -2.39. The van der Waals surface area contributed by atoms with E-state index in [4.69, 9.17) is 5.11 Å². The molecule has 0 amide bonds. The molecule has 1 fully saturated rings. The number of piperidine rings is 1. The number of benzene rings is 1. The second kappa shape index (κ2) is 5.52. The topological polar surface area (TPSA) is 52.6 Å². The maximum absolute atomic E-state index is 13.6. The van der Waals surface area contributed by atoms with Crippen molar-refractivity contribution in [2.45, 2.75) is 18.9 Å². The lowest BCUT2D eigenvalue weighted by molar-refractivity contribution is 0.0692. The molecule has 0 radical (unpaired) electrons. The van der Waals surface area contributed by atoms with E-state index in [0.717, 1.165) is 32.0 Å². The van der Waals surface area contributed by atoms with Gasteiger partial charge in [-0.2, -0.15) is 0 Å². The van der Waals surface area contributed by atoms with Crippen molar-refractivity contribution in [3.8, 4) is 0 Å². The Kier molecular flexibility index (Phi) is 3.99. The fraction of sp³-hybridized carbons (Fsp3) is 0.462. The SMILES string of the molecule is CN1CCCC(Nc2cc(C(=O)O)c(F)cc2F)C1. The molecule has 2 rings (SSSR count). The first-order valence-corrected chi connectivity index (χ1v) is 6.15. The van der Waals surface area contributed by atoms with Crippen molar-refractivity contribution >= 4 is 11.7 Å². The lowest BCUT2D eigenvalue weighted by Gasteiger charge is -2.31. The molecule has 1 aromatic carbocycles. The van der Waals surface area contributed by atoms with Crippen molar-refractivity contribution in [2.24, 2.45) is 0 Å². The van der Waals surface area contributed by atoms with Gasteiger partial charge >= 0.3 is 5.97 Å². The molecule has 0 bridgehead atoms. The number of nitrogens with one attached hydrogen (secondary N) is 1. The number of carboxylic acids is 1. The quantitative estimate of drug-likeness (QED) is 0.884. The van der Waals surface area contributed by atoms with E-state index in [1.54, 1.807) is 0 Å². The number of carbonyl (C=O) groups is 1. The van der Waals surface area contributed by atoms with Crippen molar-refractivity contribution in [1.82, 2.24) is 4.90 Å². The maximum Gasteiger partial charge on any atom is 0.338 e. The zero-order valence-electron chi connectivity index (χ0n) is 10.6. The van der Waals surface area contributed by atoms with Crippen LogP contribution in [-0.4, -0.2) is 42.2 Å². The van der Waals surface area contributed by atoms with E-state index < -0.39 is 23.2 Å². The van der Waals surface area contributed by atoms with Crippen LogP contribution in [0.1, 0.15) is 23.2 Å². The number of anilines is 1. The Morgan fingerprint density at radius 2 is 2.16 bits per heavy atom. The number of carboxylic acid groups (broad SMARTS) is 1. The summed E-state index contributed by atoms with van der Waals surface area (Å²) in [5.41, 5.74) is -0.479. The van der Waals surface area contributed by atoms with Gasteiger partial charge in [-0.15, -0.1) is 0 Å². The van der Waals surface area contributed by atoms with Gasteiger partial charge in [0.15, 0.2) is 0 Å². The highest BCUT2D eigenvalue weighted by Gasteiger charge is 2.20. The molecular formula is C13H16F2N2O2. The third-order valence-electron chi connectivity index (χ3n) is 3.27. The first kappa shape index (κ1) is 13.7. The van der Waals surface area contributed by atoms with E-state index in [1.807, 2.05) is 7.05 Å². The number of likely N-dealkylation sites (tertiary alicyclic amines) is 1. The number of hydrogen-bond acceptors (Lipinski definition) is 3. The minimum atomic E-state index is -1.40. The molecule has 0 aromatic heterocycles. The van der Waals surface area contributed by atoms with Crippen molar-refractivity contribution in [3.63, 3.8) is 0 Å². The van der Waals surface area contributed by atoms with Crippen LogP contribution in [0.15, 0.2) is 12.1 Å². The highest BCUT2D eigenvalue weighted by molar-refractivity contribution is 5.89. The van der Waals surface area contributed by atoms with Crippen LogP contribution in [0.2, 0.25) is 0 Å². The summed E-state index contributed by atoms with van der Waals surface area (Å²) in [4.78, 5) is 12.9. The zero-order valence-corrected chi connectivity index (χ0v) is 10.6. The molecule has 4 nitrogen and oxygen atoms in total. The Morgan fingerprint density at radius 1 is 1.42 bits per heavy atom. The highest BCUT2D eigenvalue weighted by Crippen LogP contribution is 2.22. The first-order chi connectivity index (χ1) is 8.97. The molecule has 0 spiro atoms. The van der Waals surface area contributed by atoms with Crippen molar-refractivity contribution < 1.29 is 18.7 Å². The molecule has 1 aromatic rings. The van der Waals surface area contributed by atoms with Gasteiger partial charge in [0.05, 0.1) is 11.3 Å². The third-order valence-corrected chi connectivity index (χ3v) is 3.27. The number of nitrogens with zero attached hydrogens (tertiary/aromatic N) is 1. The molecule has 1 aliphatic rings. The third kappa shape index (κ3) is 3.20. The van der Waals surface area contributed by atoms with Crippen LogP contribution in [0.3, 0.4) is 0 Å². The fourth-order valence-electron chi connectivity index (χ4n) is 2.33. The van der Waals surface area contributed by atoms with E-state index in [2.05, 4.69) is 10.2 Å². The summed E-state index contributed by atoms with van der Waals surface area (Å²) in [6.07, 6.45) is 1.87. The van der Waals surface area contributed by atoms with E-state index in [-0.39, 0.29) is 11.7 Å². The van der Waals surface area contributed by atoms with Crippen molar-refractivity contribution in [2.75, 3.05) is 25.5 Å². The van der Waals surface area contributed by atoms with Gasteiger partial charge in [-0.05, 0) is 32.5 Å². The van der Waals surface area contributed by atoms with Crippen molar-refractivity contribution in [1.29, 1.82) is 0 Å². The Hall–Kier alpha value is -1.69. The summed E-state index contributed by atoms with van der Waals surface area (Å²) in [5.74, 6) is -3.23. The average molecular weight is 270 g/mol. The molecule has 1 heterocycles. The van der Waals surface area contributed by atoms with Gasteiger partial charge in [0, 0.05) is 18.7 Å². The van der Waals surface area contributed by atoms with Gasteiger partial charge in [-0.1, -0.05) is 0 Å². The minimum Gasteiger partial charge on any atom is -0.478 e. The van der Waals surface area contributed by atoms with Gasteiger partial charge < -0.3 is 15.3 Å². The van der Waals surface area contributed by atoms with Crippen LogP contribution in [-0.2, 0) is 0 Å². The fourth-order valence-corrected chi connectivity index (χ4v) is 2.33. The minimum absolute atomic E-state index is 0.0408. The van der Waals surface area contributed by atoms with Gasteiger partial charge in [0.25, 0.3) is 0 Å². The zero-order chi connectivity index (χ0) is 14.0. The number of halogens is 2. The smallest absolute Gasteiger partial charge is 0.338 e. The first-order valence-electron chi connectivity index (χ1n) is 6.15. The van der Waals surface area contributed by atoms with Crippen LogP contribution in [0.25, 0.3) is 0 Å². The van der Waals surface area contributed by atoms with E-state index in [0.29, 0.717) is 6.07 Å². The lowest BCUT2D eigenvalue weighted by atomic mass is 10.1. The van der Waals surface area contributed by atoms with Crippen LogP contribution < -0.4 is 5.32 Å². The number of aromatic carboxylic acids is 1. The second-order valence-electron chi connectivity index (χ2n) is 4.86. The highest BCUT2D eigenvalue weighted by atomic mass is 19.1. The monoisotopic (exact) mass is 270 g/mol. The van der Waals surface area contributed by atoms with E-state index >= 15 is 0 Å². The molecule has 0 aliphatic carbocycles. The summed E-state index contributed by atoms with van der Waals surface area (Å²) < 4.78 is 26.9. The van der Waals surface area contributed by atoms with Crippen molar-refractivity contribution in [3.05, 3.63) is 29.3 Å². The van der Waals surface area contributed by atoms with Crippen LogP contribution in [0, 0.1) is 11.6 Å². The Morgan fingerprint density at radius 3 is 2.79 bits per heavy atom. The Labute approximate surface area is 110 Å². The van der Waals surface area contributed by atoms with Crippen LogP contribution in [0.4, 0.5) is 14.5 Å². The van der Waals surface area contributed by atoms with Crippen LogP contribution in [0.5, 0.6) is 0 Å². The predicted octanol–water partition coefficient (Wildman–Crippen LogP) is 2.17. The van der Waals surface area contributed by atoms with E-state index in [1.165, 1.54) is 0 Å². The summed E-state index contributed by atoms with van der Waals surface area (Å²) in [6.45, 7) is 1.74. The van der Waals surface area contributed by atoms with Gasteiger partial charge in [-0.3, -0.25) is 0 Å². The number of rotatable bonds is 3. The predicted molar refractivity (Wildman–Crippen MR) is 67.5 cm³/mol. The Bertz CT molecular complexity index is 494. The van der Waals surface area contributed by atoms with Gasteiger partial charge in [-0.25, -0.2) is 13.6 Å². The molecular weight excluding hydrogens is 254 g/mol. The molecule has 19 heavy (non-hydrogen) atoms. The molecule has 1 unspecified atom stereocenters. The standard InChI is InChI=1S/C13H16F2N2O2/c1-17-4-2-3-8(7-17)16-12-5-9(13(18)19)10(14)6-11(12)15/h5-6,8,16H,2-4,7H2,1H3,(H,18,19).